The number of aromatic nitrogens is 4. The van der Waals surface area contributed by atoms with E-state index in [1.54, 1.807) is 11.3 Å². The molecule has 45 heavy (non-hydrogen) atoms. The number of hydrogen-bond acceptors (Lipinski definition) is 3. The average molecular weight is 593 g/mol. The first-order chi connectivity index (χ1) is 22.3. The lowest BCUT2D eigenvalue weighted by atomic mass is 10.1. The molecule has 0 saturated carbocycles. The standard InChI is InChI=1S/C40H24N4S/c1-3-13-25(14-4-1)38-41-39(35-31-19-9-12-22-34(31)45-40(35)42-38)44-33-21-11-8-18-28(33)30-24-23-29-27-17-7-10-20-32(27)43(36(29)37(30)44)26-15-5-2-6-16-26/h1-24H. The average Bonchev–Trinajstić information content (AvgIpc) is 3.76. The zero-order valence-electron chi connectivity index (χ0n) is 24.1. The van der Waals surface area contributed by atoms with Crippen LogP contribution in [-0.4, -0.2) is 19.1 Å². The van der Waals surface area contributed by atoms with Gasteiger partial charge in [0.15, 0.2) is 11.6 Å². The van der Waals surface area contributed by atoms with Crippen molar-refractivity contribution >= 4 is 75.3 Å². The fourth-order valence-corrected chi connectivity index (χ4v) is 8.12. The third kappa shape index (κ3) is 3.47. The van der Waals surface area contributed by atoms with E-state index in [4.69, 9.17) is 9.97 Å². The first-order valence-corrected chi connectivity index (χ1v) is 15.9. The van der Waals surface area contributed by atoms with Crippen LogP contribution in [0.4, 0.5) is 0 Å². The molecule has 4 heterocycles. The van der Waals surface area contributed by atoms with Gasteiger partial charge in [0, 0.05) is 42.9 Å². The van der Waals surface area contributed by atoms with Gasteiger partial charge in [0.2, 0.25) is 0 Å². The van der Waals surface area contributed by atoms with Crippen molar-refractivity contribution in [2.24, 2.45) is 0 Å². The molecule has 0 radical (unpaired) electrons. The van der Waals surface area contributed by atoms with Gasteiger partial charge < -0.3 is 4.57 Å². The van der Waals surface area contributed by atoms with Crippen molar-refractivity contribution in [2.45, 2.75) is 0 Å². The topological polar surface area (TPSA) is 35.6 Å². The Morgan fingerprint density at radius 3 is 1.71 bits per heavy atom. The molecule has 210 valence electrons. The summed E-state index contributed by atoms with van der Waals surface area (Å²) in [6.45, 7) is 0. The second-order valence-corrected chi connectivity index (χ2v) is 12.4. The number of thiophene rings is 1. The van der Waals surface area contributed by atoms with Crippen molar-refractivity contribution in [3.05, 3.63) is 146 Å². The van der Waals surface area contributed by atoms with Crippen molar-refractivity contribution in [3.63, 3.8) is 0 Å². The smallest absolute Gasteiger partial charge is 0.163 e. The summed E-state index contributed by atoms with van der Waals surface area (Å²) in [5.41, 5.74) is 6.75. The molecule has 0 aliphatic heterocycles. The number of para-hydroxylation sites is 3. The molecule has 0 spiro atoms. The van der Waals surface area contributed by atoms with Crippen molar-refractivity contribution in [1.82, 2.24) is 19.1 Å². The lowest BCUT2D eigenvalue weighted by molar-refractivity contribution is 1.08. The number of benzene rings is 6. The largest absolute Gasteiger partial charge is 0.307 e. The Hall–Kier alpha value is -5.78. The third-order valence-electron chi connectivity index (χ3n) is 8.95. The van der Waals surface area contributed by atoms with Crippen LogP contribution in [0.25, 0.3) is 86.8 Å². The highest BCUT2D eigenvalue weighted by Gasteiger charge is 2.24. The lowest BCUT2D eigenvalue weighted by Crippen LogP contribution is -2.03. The molecule has 0 N–H and O–H groups in total. The van der Waals surface area contributed by atoms with Crippen LogP contribution < -0.4 is 0 Å². The minimum Gasteiger partial charge on any atom is -0.307 e. The second-order valence-electron chi connectivity index (χ2n) is 11.4. The summed E-state index contributed by atoms with van der Waals surface area (Å²) in [7, 11) is 0. The monoisotopic (exact) mass is 592 g/mol. The highest BCUT2D eigenvalue weighted by atomic mass is 32.1. The van der Waals surface area contributed by atoms with Crippen molar-refractivity contribution in [3.8, 4) is 22.9 Å². The quantitative estimate of drug-likeness (QED) is 0.205. The summed E-state index contributed by atoms with van der Waals surface area (Å²) >= 11 is 1.73. The molecule has 0 saturated heterocycles. The Bertz CT molecular complexity index is 2750. The maximum Gasteiger partial charge on any atom is 0.163 e. The van der Waals surface area contributed by atoms with Gasteiger partial charge in [-0.15, -0.1) is 11.3 Å². The van der Waals surface area contributed by atoms with Crippen LogP contribution in [0, 0.1) is 0 Å². The van der Waals surface area contributed by atoms with Crippen LogP contribution in [0.1, 0.15) is 0 Å². The fourth-order valence-electron chi connectivity index (χ4n) is 7.05. The Kier molecular flexibility index (Phi) is 5.12. The number of hydrogen-bond donors (Lipinski definition) is 0. The van der Waals surface area contributed by atoms with E-state index in [1.165, 1.54) is 42.7 Å². The summed E-state index contributed by atoms with van der Waals surface area (Å²) < 4.78 is 6.03. The Labute approximate surface area is 262 Å². The molecule has 4 aromatic heterocycles. The number of rotatable bonds is 3. The molecule has 10 rings (SSSR count). The second kappa shape index (κ2) is 9.36. The van der Waals surface area contributed by atoms with E-state index >= 15 is 0 Å². The zero-order valence-corrected chi connectivity index (χ0v) is 24.9. The van der Waals surface area contributed by atoms with E-state index in [-0.39, 0.29) is 0 Å². The maximum absolute atomic E-state index is 5.45. The van der Waals surface area contributed by atoms with Gasteiger partial charge >= 0.3 is 0 Å². The summed E-state index contributed by atoms with van der Waals surface area (Å²) in [5.74, 6) is 1.63. The highest BCUT2D eigenvalue weighted by Crippen LogP contribution is 2.44. The van der Waals surface area contributed by atoms with Gasteiger partial charge in [0.1, 0.15) is 4.83 Å². The molecule has 0 unspecified atom stereocenters. The Morgan fingerprint density at radius 1 is 0.444 bits per heavy atom. The molecule has 0 fully saturated rings. The molecule has 10 aromatic rings. The predicted octanol–water partition coefficient (Wildman–Crippen LogP) is 10.7. The molecule has 0 bridgehead atoms. The first kappa shape index (κ1) is 24.6. The van der Waals surface area contributed by atoms with Crippen LogP contribution in [0.5, 0.6) is 0 Å². The highest BCUT2D eigenvalue weighted by molar-refractivity contribution is 7.25. The van der Waals surface area contributed by atoms with Gasteiger partial charge in [-0.05, 0) is 30.3 Å². The third-order valence-corrected chi connectivity index (χ3v) is 10.0. The SMILES string of the molecule is c1ccc(-c2nc(-n3c4ccccc4c4ccc5c6ccccc6n(-c6ccccc6)c5c43)c3c(n2)sc2ccccc23)cc1. The van der Waals surface area contributed by atoms with E-state index in [0.717, 1.165) is 44.1 Å². The summed E-state index contributed by atoms with van der Waals surface area (Å²) in [5, 5.41) is 7.10. The van der Waals surface area contributed by atoms with E-state index in [9.17, 15) is 0 Å². The van der Waals surface area contributed by atoms with Gasteiger partial charge in [-0.2, -0.15) is 0 Å². The van der Waals surface area contributed by atoms with Gasteiger partial charge in [0.25, 0.3) is 0 Å². The summed E-state index contributed by atoms with van der Waals surface area (Å²) in [6, 6.07) is 51.7. The summed E-state index contributed by atoms with van der Waals surface area (Å²) in [6.07, 6.45) is 0. The van der Waals surface area contributed by atoms with Crippen molar-refractivity contribution in [1.29, 1.82) is 0 Å². The fraction of sp³-hybridized carbons (Fsp3) is 0. The normalized spacial score (nSPS) is 12.0. The molecule has 4 nitrogen and oxygen atoms in total. The summed E-state index contributed by atoms with van der Waals surface area (Å²) in [4.78, 5) is 11.6. The Balaban J connectivity index is 1.47. The van der Waals surface area contributed by atoms with Crippen LogP contribution in [0.3, 0.4) is 0 Å². The van der Waals surface area contributed by atoms with Crippen molar-refractivity contribution < 1.29 is 0 Å². The molecule has 6 aromatic carbocycles. The van der Waals surface area contributed by atoms with Crippen molar-refractivity contribution in [2.75, 3.05) is 0 Å². The predicted molar refractivity (Wildman–Crippen MR) is 189 cm³/mol. The van der Waals surface area contributed by atoms with E-state index in [2.05, 4.69) is 149 Å². The lowest BCUT2D eigenvalue weighted by Gasteiger charge is -2.14. The first-order valence-electron chi connectivity index (χ1n) is 15.1. The molecule has 0 atom stereocenters. The zero-order chi connectivity index (χ0) is 29.5. The van der Waals surface area contributed by atoms with E-state index < -0.39 is 0 Å². The van der Waals surface area contributed by atoms with Crippen LogP contribution in [-0.2, 0) is 0 Å². The minimum atomic E-state index is 0.728. The minimum absolute atomic E-state index is 0.728. The molecule has 0 aliphatic rings. The molecule has 0 aliphatic carbocycles. The van der Waals surface area contributed by atoms with Gasteiger partial charge in [-0.1, -0.05) is 115 Å². The van der Waals surface area contributed by atoms with Crippen LogP contribution in [0.15, 0.2) is 146 Å². The van der Waals surface area contributed by atoms with Gasteiger partial charge in [0.05, 0.1) is 27.5 Å². The Morgan fingerprint density at radius 2 is 1.00 bits per heavy atom. The number of fused-ring (bicyclic) bond motifs is 10. The molecular formula is C40H24N4S. The number of nitrogens with zero attached hydrogens (tertiary/aromatic N) is 4. The van der Waals surface area contributed by atoms with E-state index in [1.807, 2.05) is 6.07 Å². The van der Waals surface area contributed by atoms with Gasteiger partial charge in [-0.25, -0.2) is 9.97 Å². The maximum atomic E-state index is 5.45. The molecule has 0 amide bonds. The van der Waals surface area contributed by atoms with Crippen LogP contribution in [0.2, 0.25) is 0 Å². The molecular weight excluding hydrogens is 569 g/mol. The van der Waals surface area contributed by atoms with E-state index in [0.29, 0.717) is 0 Å². The molecule has 5 heteroatoms. The van der Waals surface area contributed by atoms with Gasteiger partial charge in [-0.3, -0.25) is 4.57 Å². The van der Waals surface area contributed by atoms with Crippen LogP contribution >= 0.6 is 11.3 Å².